The number of aryl methyl sites for hydroxylation is 1. The van der Waals surface area contributed by atoms with Gasteiger partial charge in [0.05, 0.1) is 11.3 Å². The molecule has 1 N–H and O–H groups in total. The Morgan fingerprint density at radius 3 is 2.42 bits per heavy atom. The average Bonchev–Trinajstić information content (AvgIpc) is 3.28. The maximum atomic E-state index is 13.2. The van der Waals surface area contributed by atoms with Gasteiger partial charge < -0.3 is 19.5 Å². The van der Waals surface area contributed by atoms with Gasteiger partial charge in [0, 0.05) is 17.5 Å². The predicted octanol–water partition coefficient (Wildman–Crippen LogP) is 6.43. The molecule has 0 aromatic heterocycles. The highest BCUT2D eigenvalue weighted by Crippen LogP contribution is 2.31. The summed E-state index contributed by atoms with van der Waals surface area (Å²) in [4.78, 5) is 26.2. The molecule has 1 aliphatic heterocycles. The van der Waals surface area contributed by atoms with Crippen molar-refractivity contribution in [2.75, 3.05) is 5.32 Å². The zero-order valence-corrected chi connectivity index (χ0v) is 21.3. The van der Waals surface area contributed by atoms with Crippen LogP contribution in [0.25, 0.3) is 5.76 Å². The molecule has 0 fully saturated rings. The summed E-state index contributed by atoms with van der Waals surface area (Å²) in [5.74, 6) is -0.309. The first kappa shape index (κ1) is 25.0. The van der Waals surface area contributed by atoms with Gasteiger partial charge in [0.2, 0.25) is 6.29 Å². The Bertz CT molecular complexity index is 1300. The average molecular weight is 486 g/mol. The molecule has 3 aromatic rings. The fourth-order valence-corrected chi connectivity index (χ4v) is 3.87. The van der Waals surface area contributed by atoms with Crippen LogP contribution < -0.4 is 5.32 Å². The first-order valence-electron chi connectivity index (χ1n) is 11.9. The molecule has 1 aliphatic rings. The van der Waals surface area contributed by atoms with Crippen LogP contribution in [0.4, 0.5) is 5.69 Å². The van der Waals surface area contributed by atoms with Crippen molar-refractivity contribution in [3.05, 3.63) is 106 Å². The molecule has 4 rings (SSSR count). The van der Waals surface area contributed by atoms with Crippen molar-refractivity contribution in [2.45, 2.75) is 52.9 Å². The van der Waals surface area contributed by atoms with E-state index in [9.17, 15) is 9.59 Å². The molecule has 0 radical (unpaired) electrons. The van der Waals surface area contributed by atoms with Crippen LogP contribution in [0, 0.1) is 13.8 Å². The van der Waals surface area contributed by atoms with Crippen LogP contribution in [0.1, 0.15) is 63.7 Å². The van der Waals surface area contributed by atoms with Crippen molar-refractivity contribution in [2.24, 2.45) is 0 Å². The van der Waals surface area contributed by atoms with Crippen molar-refractivity contribution >= 4 is 23.3 Å². The van der Waals surface area contributed by atoms with Crippen LogP contribution in [0.3, 0.4) is 0 Å². The predicted molar refractivity (Wildman–Crippen MR) is 140 cm³/mol. The Labute approximate surface area is 211 Å². The maximum Gasteiger partial charge on any atom is 0.340 e. The molecule has 0 aliphatic carbocycles. The quantitative estimate of drug-likeness (QED) is 0.408. The van der Waals surface area contributed by atoms with Crippen LogP contribution in [-0.2, 0) is 20.6 Å². The molecule has 1 amide bonds. The van der Waals surface area contributed by atoms with E-state index in [1.807, 2.05) is 56.3 Å². The molecule has 6 nitrogen and oxygen atoms in total. The molecule has 1 unspecified atom stereocenters. The number of carbonyl (C=O) groups is 2. The van der Waals surface area contributed by atoms with Gasteiger partial charge in [0.15, 0.2) is 5.76 Å². The summed E-state index contributed by atoms with van der Waals surface area (Å²) >= 11 is 0. The molecule has 1 atom stereocenters. The largest absolute Gasteiger partial charge is 0.458 e. The third-order valence-corrected chi connectivity index (χ3v) is 5.85. The van der Waals surface area contributed by atoms with Gasteiger partial charge in [0.25, 0.3) is 5.91 Å². The summed E-state index contributed by atoms with van der Waals surface area (Å²) in [6.07, 6.45) is 1.69. The lowest BCUT2D eigenvalue weighted by Gasteiger charge is -2.21. The topological polar surface area (TPSA) is 73.9 Å². The van der Waals surface area contributed by atoms with Gasteiger partial charge in [-0.2, -0.15) is 0 Å². The highest BCUT2D eigenvalue weighted by atomic mass is 16.7. The molecular formula is C30H31NO5. The first-order chi connectivity index (χ1) is 17.1. The summed E-state index contributed by atoms with van der Waals surface area (Å²) in [5, 5.41) is 2.91. The lowest BCUT2D eigenvalue weighted by Crippen LogP contribution is -2.25. The molecule has 0 saturated carbocycles. The van der Waals surface area contributed by atoms with E-state index in [4.69, 9.17) is 14.2 Å². The Balaban J connectivity index is 1.60. The second-order valence-corrected chi connectivity index (χ2v) is 9.82. The number of ether oxygens (including phenoxy) is 3. The highest BCUT2D eigenvalue weighted by molar-refractivity contribution is 6.09. The van der Waals surface area contributed by atoms with Gasteiger partial charge in [-0.1, -0.05) is 48.5 Å². The van der Waals surface area contributed by atoms with Crippen LogP contribution in [0.5, 0.6) is 0 Å². The number of nitrogens with one attached hydrogen (secondary N) is 1. The van der Waals surface area contributed by atoms with Crippen LogP contribution in [-0.4, -0.2) is 23.8 Å². The second-order valence-electron chi connectivity index (χ2n) is 9.82. The lowest BCUT2D eigenvalue weighted by atomic mass is 10.0. The van der Waals surface area contributed by atoms with E-state index in [1.54, 1.807) is 51.3 Å². The molecule has 1 heterocycles. The van der Waals surface area contributed by atoms with Gasteiger partial charge in [0.1, 0.15) is 11.9 Å². The summed E-state index contributed by atoms with van der Waals surface area (Å²) in [5.41, 5.74) is 4.11. The standard InChI is InChI=1S/C30H31NO5/c1-19-10-9-13-23(20(19)2)28(32)31-25-17-22(14-15-24(25)29(33)36-30(3,4)5)26-18-34-27(35-26)16-21-11-7-6-8-12-21/h6-15,17-18,27H,16H2,1-5H3,(H,31,32). The molecule has 3 aromatic carbocycles. The minimum atomic E-state index is -0.681. The molecule has 0 spiro atoms. The van der Waals surface area contributed by atoms with Crippen LogP contribution in [0.15, 0.2) is 73.0 Å². The maximum absolute atomic E-state index is 13.2. The van der Waals surface area contributed by atoms with Gasteiger partial charge >= 0.3 is 5.97 Å². The Kier molecular flexibility index (Phi) is 7.15. The minimum absolute atomic E-state index is 0.257. The summed E-state index contributed by atoms with van der Waals surface area (Å²) in [6, 6.07) is 20.6. The highest BCUT2D eigenvalue weighted by Gasteiger charge is 2.25. The number of amides is 1. The fourth-order valence-electron chi connectivity index (χ4n) is 3.87. The van der Waals surface area contributed by atoms with E-state index in [0.29, 0.717) is 29.0 Å². The monoisotopic (exact) mass is 485 g/mol. The van der Waals surface area contributed by atoms with Crippen molar-refractivity contribution in [3.63, 3.8) is 0 Å². The summed E-state index contributed by atoms with van der Waals surface area (Å²) in [6.45, 7) is 9.25. The summed E-state index contributed by atoms with van der Waals surface area (Å²) < 4.78 is 17.3. The number of rotatable bonds is 6. The SMILES string of the molecule is Cc1cccc(C(=O)Nc2cc(C3=COC(Cc4ccccc4)O3)ccc2C(=O)OC(C)(C)C)c1C. The van der Waals surface area contributed by atoms with Crippen molar-refractivity contribution in [3.8, 4) is 0 Å². The lowest BCUT2D eigenvalue weighted by molar-refractivity contribution is -0.0136. The summed E-state index contributed by atoms with van der Waals surface area (Å²) in [7, 11) is 0. The number of esters is 1. The minimum Gasteiger partial charge on any atom is -0.458 e. The van der Waals surface area contributed by atoms with E-state index >= 15 is 0 Å². The zero-order valence-electron chi connectivity index (χ0n) is 21.3. The third kappa shape index (κ3) is 5.95. The zero-order chi connectivity index (χ0) is 25.9. The van der Waals surface area contributed by atoms with E-state index in [0.717, 1.165) is 16.7 Å². The fraction of sp³-hybridized carbons (Fsp3) is 0.267. The van der Waals surface area contributed by atoms with Crippen molar-refractivity contribution in [1.29, 1.82) is 0 Å². The molecular weight excluding hydrogens is 454 g/mol. The van der Waals surface area contributed by atoms with E-state index < -0.39 is 17.9 Å². The van der Waals surface area contributed by atoms with Gasteiger partial charge in [-0.3, -0.25) is 4.79 Å². The molecule has 6 heteroatoms. The third-order valence-electron chi connectivity index (χ3n) is 5.85. The second kappa shape index (κ2) is 10.3. The molecule has 186 valence electrons. The van der Waals surface area contributed by atoms with Crippen LogP contribution in [0.2, 0.25) is 0 Å². The smallest absolute Gasteiger partial charge is 0.340 e. The van der Waals surface area contributed by atoms with E-state index in [1.165, 1.54) is 0 Å². The van der Waals surface area contributed by atoms with Gasteiger partial charge in [-0.25, -0.2) is 4.79 Å². The number of anilines is 1. The molecule has 36 heavy (non-hydrogen) atoms. The normalized spacial score (nSPS) is 14.9. The van der Waals surface area contributed by atoms with Gasteiger partial charge in [-0.15, -0.1) is 0 Å². The van der Waals surface area contributed by atoms with Crippen LogP contribution >= 0.6 is 0 Å². The number of benzene rings is 3. The van der Waals surface area contributed by atoms with E-state index in [2.05, 4.69) is 5.32 Å². The van der Waals surface area contributed by atoms with Gasteiger partial charge in [-0.05, 0) is 69.5 Å². The number of hydrogen-bond acceptors (Lipinski definition) is 5. The molecule has 0 saturated heterocycles. The van der Waals surface area contributed by atoms with E-state index in [-0.39, 0.29) is 11.5 Å². The number of carbonyl (C=O) groups excluding carboxylic acids is 2. The Morgan fingerprint density at radius 1 is 0.944 bits per heavy atom. The Hall–Kier alpha value is -4.06. The van der Waals surface area contributed by atoms with Crippen molar-refractivity contribution < 1.29 is 23.8 Å². The van der Waals surface area contributed by atoms with Crippen molar-refractivity contribution in [1.82, 2.24) is 0 Å². The first-order valence-corrected chi connectivity index (χ1v) is 11.9. The molecule has 0 bridgehead atoms. The Morgan fingerprint density at radius 2 is 1.69 bits per heavy atom. The number of hydrogen-bond donors (Lipinski definition) is 1.